The lowest BCUT2D eigenvalue weighted by molar-refractivity contribution is 0.251. The third kappa shape index (κ3) is 4.58. The van der Waals surface area contributed by atoms with Crippen molar-refractivity contribution in [2.45, 2.75) is 13.5 Å². The minimum Gasteiger partial charge on any atom is -0.492 e. The Labute approximate surface area is 150 Å². The highest BCUT2D eigenvalue weighted by Gasteiger charge is 2.07. The first-order valence-electron chi connectivity index (χ1n) is 7.99. The lowest BCUT2D eigenvalue weighted by Crippen LogP contribution is -2.28. The van der Waals surface area contributed by atoms with Gasteiger partial charge in [-0.15, -0.1) is 0 Å². The van der Waals surface area contributed by atoms with Crippen LogP contribution in [0.1, 0.15) is 12.5 Å². The molecule has 0 atom stereocenters. The molecule has 6 heteroatoms. The van der Waals surface area contributed by atoms with Crippen molar-refractivity contribution in [2.75, 3.05) is 11.9 Å². The number of hydrogen-bond donors (Lipinski definition) is 2. The van der Waals surface area contributed by atoms with Gasteiger partial charge in [0.15, 0.2) is 0 Å². The Balaban J connectivity index is 1.60. The SMILES string of the molecule is CCOc1ccccc1NC(=O)NCc1cncc(-c2ccsc2)c1. The highest BCUT2D eigenvalue weighted by atomic mass is 32.1. The van der Waals surface area contributed by atoms with Crippen LogP contribution in [0.2, 0.25) is 0 Å². The predicted octanol–water partition coefficient (Wildman–Crippen LogP) is 4.53. The Hall–Kier alpha value is -2.86. The Morgan fingerprint density at radius 3 is 2.88 bits per heavy atom. The van der Waals surface area contributed by atoms with Crippen LogP contribution in [0.25, 0.3) is 11.1 Å². The average molecular weight is 353 g/mol. The number of pyridine rings is 1. The van der Waals surface area contributed by atoms with E-state index >= 15 is 0 Å². The number of benzene rings is 1. The summed E-state index contributed by atoms with van der Waals surface area (Å²) in [6.45, 7) is 2.85. The number of nitrogens with one attached hydrogen (secondary N) is 2. The van der Waals surface area contributed by atoms with E-state index in [0.717, 1.165) is 16.7 Å². The highest BCUT2D eigenvalue weighted by Crippen LogP contribution is 2.24. The van der Waals surface area contributed by atoms with E-state index in [0.29, 0.717) is 24.6 Å². The van der Waals surface area contributed by atoms with Gasteiger partial charge in [0.1, 0.15) is 5.75 Å². The van der Waals surface area contributed by atoms with E-state index in [1.807, 2.05) is 48.8 Å². The fourth-order valence-electron chi connectivity index (χ4n) is 2.37. The van der Waals surface area contributed by atoms with E-state index in [1.165, 1.54) is 0 Å². The molecule has 0 radical (unpaired) electrons. The maximum absolute atomic E-state index is 12.2. The summed E-state index contributed by atoms with van der Waals surface area (Å²) < 4.78 is 5.51. The van der Waals surface area contributed by atoms with Crippen LogP contribution >= 0.6 is 11.3 Å². The third-order valence-corrected chi connectivity index (χ3v) is 4.22. The van der Waals surface area contributed by atoms with Gasteiger partial charge in [0.25, 0.3) is 0 Å². The summed E-state index contributed by atoms with van der Waals surface area (Å²) in [6, 6.07) is 11.2. The second-order valence-electron chi connectivity index (χ2n) is 5.33. The number of thiophene rings is 1. The first-order chi connectivity index (χ1) is 12.3. The number of urea groups is 1. The molecular formula is C19H19N3O2S. The molecule has 0 spiro atoms. The van der Waals surface area contributed by atoms with Crippen LogP contribution in [0.15, 0.2) is 59.6 Å². The highest BCUT2D eigenvalue weighted by molar-refractivity contribution is 7.08. The number of aromatic nitrogens is 1. The number of anilines is 1. The Morgan fingerprint density at radius 1 is 1.20 bits per heavy atom. The third-order valence-electron chi connectivity index (χ3n) is 3.54. The number of rotatable bonds is 6. The fraction of sp³-hybridized carbons (Fsp3) is 0.158. The molecule has 3 aromatic rings. The summed E-state index contributed by atoms with van der Waals surface area (Å²) in [5, 5.41) is 9.77. The van der Waals surface area contributed by atoms with Crippen LogP contribution in [0, 0.1) is 0 Å². The quantitative estimate of drug-likeness (QED) is 0.684. The maximum atomic E-state index is 12.2. The van der Waals surface area contributed by atoms with E-state index < -0.39 is 0 Å². The van der Waals surface area contributed by atoms with E-state index in [4.69, 9.17) is 4.74 Å². The molecule has 128 valence electrons. The standard InChI is InChI=1S/C19H19N3O2S/c1-2-24-18-6-4-3-5-17(18)22-19(23)21-11-14-9-16(12-20-10-14)15-7-8-25-13-15/h3-10,12-13H,2,11H2,1H3,(H2,21,22,23). The van der Waals surface area contributed by atoms with Gasteiger partial charge in [-0.05, 0) is 53.1 Å². The molecule has 0 fully saturated rings. The molecule has 0 aliphatic heterocycles. The second-order valence-corrected chi connectivity index (χ2v) is 6.11. The summed E-state index contributed by atoms with van der Waals surface area (Å²) in [4.78, 5) is 16.4. The first-order valence-corrected chi connectivity index (χ1v) is 8.93. The number of nitrogens with zero attached hydrogens (tertiary/aromatic N) is 1. The van der Waals surface area contributed by atoms with Crippen molar-refractivity contribution in [3.05, 3.63) is 65.1 Å². The summed E-state index contributed by atoms with van der Waals surface area (Å²) >= 11 is 1.65. The van der Waals surface area contributed by atoms with Crippen molar-refractivity contribution in [3.8, 4) is 16.9 Å². The summed E-state index contributed by atoms with van der Waals surface area (Å²) in [5.41, 5.74) is 3.76. The molecule has 2 aromatic heterocycles. The monoisotopic (exact) mass is 353 g/mol. The Kier molecular flexibility index (Phi) is 5.64. The number of hydrogen-bond acceptors (Lipinski definition) is 4. The topological polar surface area (TPSA) is 63.2 Å². The van der Waals surface area contributed by atoms with Gasteiger partial charge >= 0.3 is 6.03 Å². The zero-order valence-electron chi connectivity index (χ0n) is 13.9. The van der Waals surface area contributed by atoms with E-state index in [-0.39, 0.29) is 6.03 Å². The number of para-hydroxylation sites is 2. The van der Waals surface area contributed by atoms with Crippen LogP contribution < -0.4 is 15.4 Å². The molecular weight excluding hydrogens is 334 g/mol. The van der Waals surface area contributed by atoms with E-state index in [9.17, 15) is 4.79 Å². The lowest BCUT2D eigenvalue weighted by atomic mass is 10.1. The van der Waals surface area contributed by atoms with Crippen LogP contribution in [0.5, 0.6) is 5.75 Å². The Morgan fingerprint density at radius 2 is 2.08 bits per heavy atom. The number of amides is 2. The number of carbonyl (C=O) groups excluding carboxylic acids is 1. The normalized spacial score (nSPS) is 10.3. The average Bonchev–Trinajstić information content (AvgIpc) is 3.17. The van der Waals surface area contributed by atoms with Crippen molar-refractivity contribution in [1.82, 2.24) is 10.3 Å². The van der Waals surface area contributed by atoms with Gasteiger partial charge in [-0.1, -0.05) is 12.1 Å². The van der Waals surface area contributed by atoms with Gasteiger partial charge in [0.05, 0.1) is 12.3 Å². The number of ether oxygens (including phenoxy) is 1. The molecule has 2 heterocycles. The largest absolute Gasteiger partial charge is 0.492 e. The number of carbonyl (C=O) groups is 1. The van der Waals surface area contributed by atoms with Crippen molar-refractivity contribution in [1.29, 1.82) is 0 Å². The van der Waals surface area contributed by atoms with Crippen LogP contribution in [0.4, 0.5) is 10.5 Å². The van der Waals surface area contributed by atoms with E-state index in [2.05, 4.69) is 27.1 Å². The Bertz CT molecular complexity index is 834. The van der Waals surface area contributed by atoms with E-state index in [1.54, 1.807) is 17.5 Å². The van der Waals surface area contributed by atoms with Gasteiger partial charge in [-0.2, -0.15) is 11.3 Å². The molecule has 5 nitrogen and oxygen atoms in total. The minimum atomic E-state index is -0.284. The van der Waals surface area contributed by atoms with Crippen LogP contribution in [0.3, 0.4) is 0 Å². The van der Waals surface area contributed by atoms with Gasteiger partial charge < -0.3 is 15.4 Å². The van der Waals surface area contributed by atoms with Crippen LogP contribution in [-0.4, -0.2) is 17.6 Å². The fourth-order valence-corrected chi connectivity index (χ4v) is 3.04. The summed E-state index contributed by atoms with van der Waals surface area (Å²) in [7, 11) is 0. The zero-order chi connectivity index (χ0) is 17.5. The molecule has 0 aliphatic carbocycles. The van der Waals surface area contributed by atoms with Gasteiger partial charge in [-0.25, -0.2) is 4.79 Å². The molecule has 0 bridgehead atoms. The molecule has 0 saturated heterocycles. The first kappa shape index (κ1) is 17.0. The smallest absolute Gasteiger partial charge is 0.319 e. The molecule has 3 rings (SSSR count). The summed E-state index contributed by atoms with van der Waals surface area (Å²) in [6.07, 6.45) is 3.58. The molecule has 0 aliphatic rings. The van der Waals surface area contributed by atoms with Crippen molar-refractivity contribution < 1.29 is 9.53 Å². The zero-order valence-corrected chi connectivity index (χ0v) is 14.7. The van der Waals surface area contributed by atoms with Gasteiger partial charge in [0, 0.05) is 24.5 Å². The predicted molar refractivity (Wildman–Crippen MR) is 101 cm³/mol. The molecule has 0 unspecified atom stereocenters. The van der Waals surface area contributed by atoms with Crippen LogP contribution in [-0.2, 0) is 6.54 Å². The van der Waals surface area contributed by atoms with Crippen molar-refractivity contribution in [3.63, 3.8) is 0 Å². The van der Waals surface area contributed by atoms with Crippen molar-refractivity contribution >= 4 is 23.1 Å². The van der Waals surface area contributed by atoms with Crippen molar-refractivity contribution in [2.24, 2.45) is 0 Å². The molecule has 2 N–H and O–H groups in total. The molecule has 2 amide bonds. The lowest BCUT2D eigenvalue weighted by Gasteiger charge is -2.12. The van der Waals surface area contributed by atoms with Gasteiger partial charge in [0.2, 0.25) is 0 Å². The second kappa shape index (κ2) is 8.30. The summed E-state index contributed by atoms with van der Waals surface area (Å²) in [5.74, 6) is 0.654. The molecule has 0 saturated carbocycles. The minimum absolute atomic E-state index is 0.284. The maximum Gasteiger partial charge on any atom is 0.319 e. The molecule has 1 aromatic carbocycles. The molecule has 25 heavy (non-hydrogen) atoms. The van der Waals surface area contributed by atoms with Gasteiger partial charge in [-0.3, -0.25) is 4.98 Å².